The van der Waals surface area contributed by atoms with Crippen LogP contribution in [0.25, 0.3) is 0 Å². The lowest BCUT2D eigenvalue weighted by molar-refractivity contribution is -0.142. The van der Waals surface area contributed by atoms with Gasteiger partial charge in [-0.1, -0.05) is 49.3 Å². The molecule has 1 aliphatic carbocycles. The normalized spacial score (nSPS) is 17.7. The maximum Gasteiger partial charge on any atom is 0.320 e. The zero-order valence-corrected chi connectivity index (χ0v) is 20.4. The van der Waals surface area contributed by atoms with Gasteiger partial charge in [-0.3, -0.25) is 9.59 Å². The van der Waals surface area contributed by atoms with Crippen LogP contribution in [0, 0.1) is 5.92 Å². The number of hydrogen-bond acceptors (Lipinski definition) is 7. The Morgan fingerprint density at radius 3 is 2.43 bits per heavy atom. The smallest absolute Gasteiger partial charge is 0.320 e. The molecule has 0 saturated heterocycles. The molecule has 0 aliphatic heterocycles. The van der Waals surface area contributed by atoms with E-state index in [1.807, 2.05) is 48.5 Å². The molecule has 8 heteroatoms. The van der Waals surface area contributed by atoms with Crippen molar-refractivity contribution in [1.29, 1.82) is 0 Å². The van der Waals surface area contributed by atoms with Gasteiger partial charge in [-0.05, 0) is 72.8 Å². The predicted octanol–water partition coefficient (Wildman–Crippen LogP) is 6.03. The Labute approximate surface area is 205 Å². The SMILES string of the molecule is COC(=O)CC1CCC(c2ccc(NC(=O)c3nnc(Nc4ccccc4C(C)C)o3)cc2)CC1. The molecule has 3 aromatic rings. The number of aromatic nitrogens is 2. The highest BCUT2D eigenvalue weighted by atomic mass is 16.5. The average molecular weight is 477 g/mol. The maximum atomic E-state index is 12.6. The van der Waals surface area contributed by atoms with Crippen molar-refractivity contribution >= 4 is 29.3 Å². The minimum Gasteiger partial charge on any atom is -0.469 e. The quantitative estimate of drug-likeness (QED) is 0.383. The van der Waals surface area contributed by atoms with E-state index in [0.29, 0.717) is 29.9 Å². The van der Waals surface area contributed by atoms with Crippen molar-refractivity contribution in [3.05, 3.63) is 65.5 Å². The number of carbonyl (C=O) groups is 2. The standard InChI is InChI=1S/C27H32N4O4/c1-17(2)22-6-4-5-7-23(22)29-27-31-30-26(35-27)25(33)28-21-14-12-20(13-15-21)19-10-8-18(9-11-19)16-24(32)34-3/h4-7,12-15,17-19H,8-11,16H2,1-3H3,(H,28,33)(H,29,31). The first-order valence-electron chi connectivity index (χ1n) is 12.1. The second-order valence-corrected chi connectivity index (χ2v) is 9.35. The summed E-state index contributed by atoms with van der Waals surface area (Å²) >= 11 is 0. The largest absolute Gasteiger partial charge is 0.469 e. The molecule has 0 bridgehead atoms. The molecule has 0 atom stereocenters. The number of anilines is 3. The number of para-hydroxylation sites is 1. The first-order chi connectivity index (χ1) is 16.9. The number of benzene rings is 2. The second kappa shape index (κ2) is 11.2. The van der Waals surface area contributed by atoms with Gasteiger partial charge in [0.25, 0.3) is 0 Å². The molecule has 1 heterocycles. The minimum absolute atomic E-state index is 0.109. The fourth-order valence-electron chi connectivity index (χ4n) is 4.64. The van der Waals surface area contributed by atoms with Crippen LogP contribution in [-0.2, 0) is 9.53 Å². The molecule has 2 N–H and O–H groups in total. The maximum absolute atomic E-state index is 12.6. The number of esters is 1. The lowest BCUT2D eigenvalue weighted by Gasteiger charge is -2.28. The van der Waals surface area contributed by atoms with Crippen LogP contribution in [0.2, 0.25) is 0 Å². The molecule has 1 fully saturated rings. The van der Waals surface area contributed by atoms with Crippen molar-refractivity contribution in [2.75, 3.05) is 17.7 Å². The summed E-state index contributed by atoms with van der Waals surface area (Å²) in [5, 5.41) is 13.8. The third kappa shape index (κ3) is 6.26. The number of carbonyl (C=O) groups excluding carboxylic acids is 2. The molecular weight excluding hydrogens is 444 g/mol. The van der Waals surface area contributed by atoms with Crippen molar-refractivity contribution in [2.45, 2.75) is 57.8 Å². The Hall–Kier alpha value is -3.68. The van der Waals surface area contributed by atoms with E-state index < -0.39 is 5.91 Å². The van der Waals surface area contributed by atoms with Gasteiger partial charge in [0.1, 0.15) is 0 Å². The summed E-state index contributed by atoms with van der Waals surface area (Å²) in [5.74, 6) is 0.499. The number of rotatable bonds is 8. The van der Waals surface area contributed by atoms with Gasteiger partial charge in [0.15, 0.2) is 0 Å². The van der Waals surface area contributed by atoms with E-state index in [4.69, 9.17) is 9.15 Å². The molecule has 0 unspecified atom stereocenters. The third-order valence-corrected chi connectivity index (χ3v) is 6.61. The molecule has 0 spiro atoms. The van der Waals surface area contributed by atoms with Crippen LogP contribution in [0.4, 0.5) is 17.4 Å². The third-order valence-electron chi connectivity index (χ3n) is 6.61. The Morgan fingerprint density at radius 2 is 1.74 bits per heavy atom. The Balaban J connectivity index is 1.32. The topological polar surface area (TPSA) is 106 Å². The summed E-state index contributed by atoms with van der Waals surface area (Å²) in [6.07, 6.45) is 4.64. The fraction of sp³-hybridized carbons (Fsp3) is 0.407. The molecule has 1 saturated carbocycles. The molecule has 2 aromatic carbocycles. The number of nitrogens with one attached hydrogen (secondary N) is 2. The highest BCUT2D eigenvalue weighted by Gasteiger charge is 2.24. The number of nitrogens with zero attached hydrogens (tertiary/aromatic N) is 2. The van der Waals surface area contributed by atoms with E-state index in [0.717, 1.165) is 36.9 Å². The Morgan fingerprint density at radius 1 is 1.03 bits per heavy atom. The van der Waals surface area contributed by atoms with Gasteiger partial charge in [-0.2, -0.15) is 0 Å². The molecule has 184 valence electrons. The van der Waals surface area contributed by atoms with Crippen molar-refractivity contribution in [1.82, 2.24) is 10.2 Å². The van der Waals surface area contributed by atoms with Gasteiger partial charge in [0.2, 0.25) is 0 Å². The minimum atomic E-state index is -0.459. The van der Waals surface area contributed by atoms with E-state index in [2.05, 4.69) is 34.7 Å². The fourth-order valence-corrected chi connectivity index (χ4v) is 4.64. The van der Waals surface area contributed by atoms with Gasteiger partial charge >= 0.3 is 23.8 Å². The summed E-state index contributed by atoms with van der Waals surface area (Å²) in [4.78, 5) is 24.1. The summed E-state index contributed by atoms with van der Waals surface area (Å²) in [5.41, 5.74) is 3.89. The zero-order chi connectivity index (χ0) is 24.8. The van der Waals surface area contributed by atoms with E-state index in [-0.39, 0.29) is 17.9 Å². The van der Waals surface area contributed by atoms with E-state index in [1.165, 1.54) is 12.7 Å². The number of amides is 1. The van der Waals surface area contributed by atoms with Gasteiger partial charge < -0.3 is 19.8 Å². The lowest BCUT2D eigenvalue weighted by Crippen LogP contribution is -2.17. The van der Waals surface area contributed by atoms with Crippen LogP contribution in [0.15, 0.2) is 52.9 Å². The average Bonchev–Trinajstić information content (AvgIpc) is 3.34. The van der Waals surface area contributed by atoms with E-state index >= 15 is 0 Å². The number of hydrogen-bond donors (Lipinski definition) is 2. The second-order valence-electron chi connectivity index (χ2n) is 9.35. The molecular formula is C27H32N4O4. The van der Waals surface area contributed by atoms with Crippen LogP contribution in [-0.4, -0.2) is 29.2 Å². The Bertz CT molecular complexity index is 1150. The summed E-state index contributed by atoms with van der Waals surface area (Å²) in [6, 6.07) is 15.9. The highest BCUT2D eigenvalue weighted by molar-refractivity contribution is 6.00. The van der Waals surface area contributed by atoms with Crippen LogP contribution >= 0.6 is 0 Å². The molecule has 4 rings (SSSR count). The molecule has 0 radical (unpaired) electrons. The van der Waals surface area contributed by atoms with Crippen LogP contribution in [0.1, 0.15) is 79.6 Å². The molecule has 35 heavy (non-hydrogen) atoms. The van der Waals surface area contributed by atoms with Gasteiger partial charge in [-0.15, -0.1) is 5.10 Å². The van der Waals surface area contributed by atoms with Crippen LogP contribution < -0.4 is 10.6 Å². The van der Waals surface area contributed by atoms with Crippen molar-refractivity contribution in [3.8, 4) is 0 Å². The lowest BCUT2D eigenvalue weighted by atomic mass is 9.77. The molecule has 8 nitrogen and oxygen atoms in total. The van der Waals surface area contributed by atoms with Gasteiger partial charge in [0.05, 0.1) is 7.11 Å². The number of methoxy groups -OCH3 is 1. The number of ether oxygens (including phenoxy) is 1. The van der Waals surface area contributed by atoms with Gasteiger partial charge in [0, 0.05) is 17.8 Å². The monoisotopic (exact) mass is 476 g/mol. The molecule has 1 amide bonds. The van der Waals surface area contributed by atoms with Crippen LogP contribution in [0.5, 0.6) is 0 Å². The predicted molar refractivity (Wildman–Crippen MR) is 134 cm³/mol. The first kappa shape index (κ1) is 24.4. The van der Waals surface area contributed by atoms with Crippen LogP contribution in [0.3, 0.4) is 0 Å². The van der Waals surface area contributed by atoms with E-state index in [9.17, 15) is 9.59 Å². The van der Waals surface area contributed by atoms with Crippen molar-refractivity contribution in [2.24, 2.45) is 5.92 Å². The first-order valence-corrected chi connectivity index (χ1v) is 12.1. The van der Waals surface area contributed by atoms with Gasteiger partial charge in [-0.25, -0.2) is 0 Å². The summed E-state index contributed by atoms with van der Waals surface area (Å²) in [7, 11) is 1.44. The highest BCUT2D eigenvalue weighted by Crippen LogP contribution is 2.37. The van der Waals surface area contributed by atoms with Crippen molar-refractivity contribution in [3.63, 3.8) is 0 Å². The Kier molecular flexibility index (Phi) is 7.80. The van der Waals surface area contributed by atoms with E-state index in [1.54, 1.807) is 0 Å². The van der Waals surface area contributed by atoms with Crippen molar-refractivity contribution < 1.29 is 18.7 Å². The zero-order valence-electron chi connectivity index (χ0n) is 20.4. The molecule has 1 aliphatic rings. The molecule has 1 aromatic heterocycles. The summed E-state index contributed by atoms with van der Waals surface area (Å²) in [6.45, 7) is 4.21. The summed E-state index contributed by atoms with van der Waals surface area (Å²) < 4.78 is 10.3.